The predicted molar refractivity (Wildman–Crippen MR) is 105 cm³/mol. The summed E-state index contributed by atoms with van der Waals surface area (Å²) in [6.07, 6.45) is 4.50. The third-order valence-corrected chi connectivity index (χ3v) is 5.88. The fraction of sp³-hybridized carbons (Fsp3) is 0.350. The SMILES string of the molecule is Cc1ccccc1OCC(=O)OCc1nc(N)c2c3c(sc2n1)CCCC3. The summed E-state index contributed by atoms with van der Waals surface area (Å²) >= 11 is 1.68. The maximum atomic E-state index is 12.0. The zero-order valence-electron chi connectivity index (χ0n) is 15.2. The third kappa shape index (κ3) is 3.73. The van der Waals surface area contributed by atoms with Crippen molar-refractivity contribution in [1.82, 2.24) is 9.97 Å². The van der Waals surface area contributed by atoms with Crippen LogP contribution in [0.1, 0.15) is 34.7 Å². The number of rotatable bonds is 5. The molecule has 2 heterocycles. The van der Waals surface area contributed by atoms with Gasteiger partial charge in [0.25, 0.3) is 0 Å². The molecule has 0 fully saturated rings. The monoisotopic (exact) mass is 383 g/mol. The van der Waals surface area contributed by atoms with Crippen LogP contribution in [0.15, 0.2) is 24.3 Å². The Morgan fingerprint density at radius 3 is 2.89 bits per heavy atom. The van der Waals surface area contributed by atoms with Gasteiger partial charge < -0.3 is 15.2 Å². The number of ether oxygens (including phenoxy) is 2. The first-order chi connectivity index (χ1) is 13.1. The van der Waals surface area contributed by atoms with Crippen molar-refractivity contribution in [2.24, 2.45) is 0 Å². The number of hydrogen-bond acceptors (Lipinski definition) is 7. The Bertz CT molecular complexity index is 1000. The number of aryl methyl sites for hydroxylation is 3. The Morgan fingerprint density at radius 1 is 1.22 bits per heavy atom. The number of fused-ring (bicyclic) bond motifs is 3. The van der Waals surface area contributed by atoms with E-state index in [1.807, 2.05) is 31.2 Å². The highest BCUT2D eigenvalue weighted by molar-refractivity contribution is 7.19. The molecule has 0 saturated carbocycles. The molecule has 0 aliphatic heterocycles. The van der Waals surface area contributed by atoms with Crippen LogP contribution in [-0.2, 0) is 29.0 Å². The second-order valence-corrected chi connectivity index (χ2v) is 7.71. The highest BCUT2D eigenvalue weighted by Gasteiger charge is 2.20. The van der Waals surface area contributed by atoms with Gasteiger partial charge in [-0.25, -0.2) is 14.8 Å². The number of benzene rings is 1. The summed E-state index contributed by atoms with van der Waals surface area (Å²) in [5.41, 5.74) is 8.44. The summed E-state index contributed by atoms with van der Waals surface area (Å²) in [7, 11) is 0. The number of esters is 1. The second kappa shape index (κ2) is 7.52. The Morgan fingerprint density at radius 2 is 2.04 bits per heavy atom. The van der Waals surface area contributed by atoms with Gasteiger partial charge in [0.1, 0.15) is 16.4 Å². The van der Waals surface area contributed by atoms with Gasteiger partial charge in [-0.2, -0.15) is 0 Å². The molecule has 1 aromatic carbocycles. The molecule has 0 amide bonds. The smallest absolute Gasteiger partial charge is 0.344 e. The average Bonchev–Trinajstić information content (AvgIpc) is 3.04. The number of hydrogen-bond donors (Lipinski definition) is 1. The van der Waals surface area contributed by atoms with Crippen molar-refractivity contribution >= 4 is 33.3 Å². The number of aromatic nitrogens is 2. The van der Waals surface area contributed by atoms with Gasteiger partial charge in [-0.3, -0.25) is 0 Å². The van der Waals surface area contributed by atoms with Gasteiger partial charge in [-0.15, -0.1) is 11.3 Å². The molecule has 3 aromatic rings. The molecule has 0 saturated heterocycles. The van der Waals surface area contributed by atoms with Crippen LogP contribution < -0.4 is 10.5 Å². The number of carbonyl (C=O) groups is 1. The molecule has 27 heavy (non-hydrogen) atoms. The van der Waals surface area contributed by atoms with Crippen LogP contribution in [0.4, 0.5) is 5.82 Å². The minimum atomic E-state index is -0.467. The van der Waals surface area contributed by atoms with E-state index in [2.05, 4.69) is 9.97 Å². The molecular formula is C20H21N3O3S. The lowest BCUT2D eigenvalue weighted by Gasteiger charge is -2.11. The van der Waals surface area contributed by atoms with E-state index in [0.29, 0.717) is 17.4 Å². The van der Waals surface area contributed by atoms with Crippen LogP contribution in [0, 0.1) is 6.92 Å². The van der Waals surface area contributed by atoms with Gasteiger partial charge in [0.05, 0.1) is 5.39 Å². The molecule has 0 atom stereocenters. The number of nitrogens with zero attached hydrogens (tertiary/aromatic N) is 2. The van der Waals surface area contributed by atoms with E-state index in [4.69, 9.17) is 15.2 Å². The van der Waals surface area contributed by atoms with Crippen LogP contribution in [0.3, 0.4) is 0 Å². The number of nitrogen functional groups attached to an aromatic ring is 1. The largest absolute Gasteiger partial charge is 0.482 e. The van der Waals surface area contributed by atoms with Crippen molar-refractivity contribution in [2.45, 2.75) is 39.2 Å². The zero-order chi connectivity index (χ0) is 18.8. The lowest BCUT2D eigenvalue weighted by atomic mass is 9.97. The summed E-state index contributed by atoms with van der Waals surface area (Å²) in [6.45, 7) is 1.75. The van der Waals surface area contributed by atoms with Crippen molar-refractivity contribution in [3.8, 4) is 5.75 Å². The molecule has 4 rings (SSSR count). The first kappa shape index (κ1) is 17.7. The van der Waals surface area contributed by atoms with E-state index in [1.54, 1.807) is 11.3 Å². The lowest BCUT2D eigenvalue weighted by molar-refractivity contribution is -0.147. The van der Waals surface area contributed by atoms with E-state index < -0.39 is 5.97 Å². The molecule has 7 heteroatoms. The topological polar surface area (TPSA) is 87.3 Å². The average molecular weight is 383 g/mol. The molecule has 0 unspecified atom stereocenters. The lowest BCUT2D eigenvalue weighted by Crippen LogP contribution is -2.16. The van der Waals surface area contributed by atoms with Crippen LogP contribution >= 0.6 is 11.3 Å². The Hall–Kier alpha value is -2.67. The van der Waals surface area contributed by atoms with Crippen molar-refractivity contribution in [2.75, 3.05) is 12.3 Å². The summed E-state index contributed by atoms with van der Waals surface area (Å²) in [5, 5.41) is 0.979. The number of anilines is 1. The number of nitrogens with two attached hydrogens (primary N) is 1. The van der Waals surface area contributed by atoms with Crippen molar-refractivity contribution in [3.05, 3.63) is 46.1 Å². The van der Waals surface area contributed by atoms with Crippen molar-refractivity contribution in [1.29, 1.82) is 0 Å². The van der Waals surface area contributed by atoms with Crippen LogP contribution in [0.25, 0.3) is 10.2 Å². The molecule has 0 radical (unpaired) electrons. The van der Waals surface area contributed by atoms with Gasteiger partial charge in [0, 0.05) is 4.88 Å². The fourth-order valence-corrected chi connectivity index (χ4v) is 4.63. The molecule has 1 aliphatic carbocycles. The van der Waals surface area contributed by atoms with E-state index in [1.165, 1.54) is 23.3 Å². The van der Waals surface area contributed by atoms with Crippen LogP contribution in [-0.4, -0.2) is 22.5 Å². The molecular weight excluding hydrogens is 362 g/mol. The molecule has 140 valence electrons. The fourth-order valence-electron chi connectivity index (χ4n) is 3.34. The summed E-state index contributed by atoms with van der Waals surface area (Å²) < 4.78 is 10.8. The standard InChI is InChI=1S/C20H21N3O3S/c1-12-6-2-4-8-14(12)25-11-17(24)26-10-16-22-19(21)18-13-7-3-5-9-15(13)27-20(18)23-16/h2,4,6,8H,3,5,7,9-11H2,1H3,(H2,21,22,23). The Balaban J connectivity index is 1.41. The third-order valence-electron chi connectivity index (χ3n) is 4.69. The van der Waals surface area contributed by atoms with Gasteiger partial charge in [0.2, 0.25) is 0 Å². The Kier molecular flexibility index (Phi) is 4.94. The maximum absolute atomic E-state index is 12.0. The normalized spacial score (nSPS) is 13.4. The molecule has 0 bridgehead atoms. The van der Waals surface area contributed by atoms with Crippen LogP contribution in [0.5, 0.6) is 5.75 Å². The molecule has 2 aromatic heterocycles. The van der Waals surface area contributed by atoms with Crippen molar-refractivity contribution < 1.29 is 14.3 Å². The highest BCUT2D eigenvalue weighted by atomic mass is 32.1. The Labute approximate surface area is 161 Å². The number of thiophene rings is 1. The van der Waals surface area contributed by atoms with Crippen molar-refractivity contribution in [3.63, 3.8) is 0 Å². The summed E-state index contributed by atoms with van der Waals surface area (Å²) in [4.78, 5) is 23.1. The predicted octanol–water partition coefficient (Wildman–Crippen LogP) is 3.58. The number of carbonyl (C=O) groups excluding carboxylic acids is 1. The highest BCUT2D eigenvalue weighted by Crippen LogP contribution is 2.37. The molecule has 2 N–H and O–H groups in total. The first-order valence-electron chi connectivity index (χ1n) is 9.02. The van der Waals surface area contributed by atoms with Gasteiger partial charge in [-0.05, 0) is 49.8 Å². The minimum Gasteiger partial charge on any atom is -0.482 e. The summed E-state index contributed by atoms with van der Waals surface area (Å²) in [6, 6.07) is 7.52. The van der Waals surface area contributed by atoms with Gasteiger partial charge in [0.15, 0.2) is 19.0 Å². The number of para-hydroxylation sites is 1. The van der Waals surface area contributed by atoms with Gasteiger partial charge >= 0.3 is 5.97 Å². The maximum Gasteiger partial charge on any atom is 0.344 e. The van der Waals surface area contributed by atoms with E-state index in [0.717, 1.165) is 28.6 Å². The van der Waals surface area contributed by atoms with E-state index >= 15 is 0 Å². The minimum absolute atomic E-state index is 0.0152. The van der Waals surface area contributed by atoms with E-state index in [-0.39, 0.29) is 13.2 Å². The molecule has 0 spiro atoms. The second-order valence-electron chi connectivity index (χ2n) is 6.63. The molecule has 1 aliphatic rings. The quantitative estimate of drug-likeness (QED) is 0.678. The molecule has 6 nitrogen and oxygen atoms in total. The first-order valence-corrected chi connectivity index (χ1v) is 9.84. The zero-order valence-corrected chi connectivity index (χ0v) is 16.0. The van der Waals surface area contributed by atoms with Crippen LogP contribution in [0.2, 0.25) is 0 Å². The summed E-state index contributed by atoms with van der Waals surface area (Å²) in [5.74, 6) is 1.09. The van der Waals surface area contributed by atoms with E-state index in [9.17, 15) is 4.79 Å². The van der Waals surface area contributed by atoms with Gasteiger partial charge in [-0.1, -0.05) is 18.2 Å².